The first-order chi connectivity index (χ1) is 22.0. The Morgan fingerprint density at radius 1 is 0.957 bits per heavy atom. The predicted octanol–water partition coefficient (Wildman–Crippen LogP) is 7.61. The Morgan fingerprint density at radius 2 is 1.65 bits per heavy atom. The molecule has 0 amide bonds. The summed E-state index contributed by atoms with van der Waals surface area (Å²) in [7, 11) is -1.70. The second-order valence-electron chi connectivity index (χ2n) is 16.5. The SMILES string of the molecule is CC(C)(C)[Si](C)(C)O[C@H]1CC[C@H](CN[C@@H]2[C@@H]3CC4C[C@H]2C[C@@](CNc2nc(NCc5ccccc5C#N)ncc2C#N)(C4)C3)CC1. The van der Waals surface area contributed by atoms with Crippen molar-refractivity contribution in [3.63, 3.8) is 0 Å². The van der Waals surface area contributed by atoms with Crippen molar-refractivity contribution in [3.05, 3.63) is 47.2 Å². The lowest BCUT2D eigenvalue weighted by molar-refractivity contribution is -0.0704. The fourth-order valence-corrected chi connectivity index (χ4v) is 10.4. The molecule has 8 nitrogen and oxygen atoms in total. The van der Waals surface area contributed by atoms with Gasteiger partial charge in [0.1, 0.15) is 17.5 Å². The normalized spacial score (nSPS) is 30.4. The third-order valence-electron chi connectivity index (χ3n) is 12.2. The zero-order valence-electron chi connectivity index (χ0n) is 28.5. The number of nitriles is 2. The Bertz CT molecular complexity index is 1450. The van der Waals surface area contributed by atoms with Crippen LogP contribution in [-0.4, -0.2) is 43.5 Å². The molecule has 1 aromatic heterocycles. The second-order valence-corrected chi connectivity index (χ2v) is 21.2. The van der Waals surface area contributed by atoms with Gasteiger partial charge in [-0.2, -0.15) is 15.5 Å². The van der Waals surface area contributed by atoms with E-state index in [4.69, 9.17) is 9.41 Å². The van der Waals surface area contributed by atoms with E-state index in [2.05, 4.69) is 66.9 Å². The van der Waals surface area contributed by atoms with Gasteiger partial charge in [-0.05, 0) is 123 Å². The van der Waals surface area contributed by atoms with Crippen molar-refractivity contribution >= 4 is 20.1 Å². The molecule has 9 heteroatoms. The highest BCUT2D eigenvalue weighted by Gasteiger charge is 2.55. The summed E-state index contributed by atoms with van der Waals surface area (Å²) in [6.07, 6.45) is 13.5. The van der Waals surface area contributed by atoms with Gasteiger partial charge in [-0.3, -0.25) is 0 Å². The number of hydrogen-bond donors (Lipinski definition) is 3. The van der Waals surface area contributed by atoms with E-state index in [0.29, 0.717) is 41.6 Å². The summed E-state index contributed by atoms with van der Waals surface area (Å²) < 4.78 is 6.76. The third-order valence-corrected chi connectivity index (χ3v) is 16.8. The van der Waals surface area contributed by atoms with Crippen LogP contribution in [0.3, 0.4) is 0 Å². The maximum atomic E-state index is 9.80. The third kappa shape index (κ3) is 7.12. The number of anilines is 2. The van der Waals surface area contributed by atoms with Gasteiger partial charge in [-0.25, -0.2) is 4.98 Å². The highest BCUT2D eigenvalue weighted by Crippen LogP contribution is 2.60. The summed E-state index contributed by atoms with van der Waals surface area (Å²) in [6, 6.07) is 12.7. The lowest BCUT2D eigenvalue weighted by Crippen LogP contribution is -2.60. The molecule has 7 rings (SSSR count). The number of hydrogen-bond acceptors (Lipinski definition) is 8. The molecule has 5 fully saturated rings. The van der Waals surface area contributed by atoms with E-state index >= 15 is 0 Å². The Labute approximate surface area is 277 Å². The fraction of sp³-hybridized carbons (Fsp3) is 0.676. The molecule has 5 aliphatic carbocycles. The molecule has 4 bridgehead atoms. The minimum absolute atomic E-state index is 0.269. The maximum absolute atomic E-state index is 9.80. The average Bonchev–Trinajstić information content (AvgIpc) is 3.02. The number of nitrogens with one attached hydrogen (secondary N) is 3. The van der Waals surface area contributed by atoms with Crippen molar-refractivity contribution < 1.29 is 4.43 Å². The lowest BCUT2D eigenvalue weighted by atomic mass is 9.48. The van der Waals surface area contributed by atoms with Crippen LogP contribution in [0.25, 0.3) is 0 Å². The van der Waals surface area contributed by atoms with E-state index in [1.807, 2.05) is 24.3 Å². The Kier molecular flexibility index (Phi) is 9.49. The van der Waals surface area contributed by atoms with Gasteiger partial charge in [0.2, 0.25) is 5.95 Å². The molecule has 0 aliphatic heterocycles. The van der Waals surface area contributed by atoms with Gasteiger partial charge in [0.15, 0.2) is 8.32 Å². The first-order valence-electron chi connectivity index (χ1n) is 17.6. The standard InChI is InChI=1S/C37H53N7OSi/c1-36(2,3)46(4,5)45-32-12-10-25(11-13-32)21-40-33-29-14-26-15-30(33)18-37(16-26,17-29)24-43-34-31(20-39)23-42-35(44-34)41-22-28-9-7-6-8-27(28)19-38/h6-9,23,25-26,29-30,32-33,40H,10-18,21-22,24H2,1-5H3,(H2,41,42,43,44)/t25-,26?,29-,30+,32-,33-,37-. The summed E-state index contributed by atoms with van der Waals surface area (Å²) >= 11 is 0. The van der Waals surface area contributed by atoms with Gasteiger partial charge in [-0.1, -0.05) is 39.0 Å². The molecule has 246 valence electrons. The van der Waals surface area contributed by atoms with Crippen molar-refractivity contribution in [2.24, 2.45) is 29.1 Å². The predicted molar refractivity (Wildman–Crippen MR) is 186 cm³/mol. The molecule has 0 radical (unpaired) electrons. The topological polar surface area (TPSA) is 119 Å². The van der Waals surface area contributed by atoms with Crippen LogP contribution in [0.4, 0.5) is 11.8 Å². The smallest absolute Gasteiger partial charge is 0.224 e. The molecule has 2 aromatic rings. The fourth-order valence-electron chi connectivity index (χ4n) is 9.01. The zero-order chi connectivity index (χ0) is 32.5. The van der Waals surface area contributed by atoms with Gasteiger partial charge in [0, 0.05) is 25.2 Å². The summed E-state index contributed by atoms with van der Waals surface area (Å²) in [5.74, 6) is 4.13. The van der Waals surface area contributed by atoms with Crippen molar-refractivity contribution in [2.75, 3.05) is 23.7 Å². The van der Waals surface area contributed by atoms with Crippen LogP contribution in [0, 0.1) is 51.7 Å². The van der Waals surface area contributed by atoms with Crippen molar-refractivity contribution in [1.82, 2.24) is 15.3 Å². The largest absolute Gasteiger partial charge is 0.414 e. The quantitative estimate of drug-likeness (QED) is 0.215. The molecule has 46 heavy (non-hydrogen) atoms. The Morgan fingerprint density at radius 3 is 2.33 bits per heavy atom. The highest BCUT2D eigenvalue weighted by molar-refractivity contribution is 6.74. The van der Waals surface area contributed by atoms with E-state index in [1.54, 1.807) is 6.20 Å². The highest BCUT2D eigenvalue weighted by atomic mass is 28.4. The summed E-state index contributed by atoms with van der Waals surface area (Å²) in [4.78, 5) is 9.08. The van der Waals surface area contributed by atoms with Crippen molar-refractivity contribution in [1.29, 1.82) is 10.5 Å². The zero-order valence-corrected chi connectivity index (χ0v) is 29.5. The number of aromatic nitrogens is 2. The molecule has 1 heterocycles. The van der Waals surface area contributed by atoms with Crippen molar-refractivity contribution in [3.8, 4) is 12.1 Å². The van der Waals surface area contributed by atoms with Crippen LogP contribution >= 0.6 is 0 Å². The molecule has 5 atom stereocenters. The monoisotopic (exact) mass is 639 g/mol. The van der Waals surface area contributed by atoms with Crippen LogP contribution in [0.15, 0.2) is 30.5 Å². The number of benzene rings is 1. The molecule has 5 saturated carbocycles. The molecule has 0 spiro atoms. The first-order valence-corrected chi connectivity index (χ1v) is 20.5. The van der Waals surface area contributed by atoms with Crippen LogP contribution in [0.2, 0.25) is 18.1 Å². The van der Waals surface area contributed by atoms with Gasteiger partial charge < -0.3 is 20.4 Å². The van der Waals surface area contributed by atoms with E-state index in [0.717, 1.165) is 42.3 Å². The Balaban J connectivity index is 1.02. The number of rotatable bonds is 11. The molecular formula is C37H53N7OSi. The van der Waals surface area contributed by atoms with Crippen LogP contribution in [-0.2, 0) is 11.0 Å². The molecular weight excluding hydrogens is 587 g/mol. The lowest BCUT2D eigenvalue weighted by Gasteiger charge is -2.60. The van der Waals surface area contributed by atoms with Gasteiger partial charge in [-0.15, -0.1) is 0 Å². The second kappa shape index (κ2) is 13.3. The summed E-state index contributed by atoms with van der Waals surface area (Å²) in [5.41, 5.74) is 2.27. The van der Waals surface area contributed by atoms with E-state index in [9.17, 15) is 10.5 Å². The van der Waals surface area contributed by atoms with E-state index in [1.165, 1.54) is 57.8 Å². The van der Waals surface area contributed by atoms with Crippen LogP contribution < -0.4 is 16.0 Å². The van der Waals surface area contributed by atoms with Crippen LogP contribution in [0.5, 0.6) is 0 Å². The van der Waals surface area contributed by atoms with E-state index in [-0.39, 0.29) is 10.5 Å². The number of nitrogens with zero attached hydrogens (tertiary/aromatic N) is 4. The molecule has 1 unspecified atom stereocenters. The average molecular weight is 640 g/mol. The van der Waals surface area contributed by atoms with Gasteiger partial charge >= 0.3 is 0 Å². The summed E-state index contributed by atoms with van der Waals surface area (Å²) in [6.45, 7) is 14.3. The van der Waals surface area contributed by atoms with E-state index < -0.39 is 8.32 Å². The maximum Gasteiger partial charge on any atom is 0.224 e. The summed E-state index contributed by atoms with van der Waals surface area (Å²) in [5, 5.41) is 30.5. The molecule has 1 aromatic carbocycles. The van der Waals surface area contributed by atoms with Crippen molar-refractivity contribution in [2.45, 2.75) is 115 Å². The van der Waals surface area contributed by atoms with Gasteiger partial charge in [0.05, 0.1) is 17.8 Å². The molecule has 3 N–H and O–H groups in total. The molecule has 0 saturated heterocycles. The minimum atomic E-state index is -1.70. The first kappa shape index (κ1) is 32.9. The van der Waals surface area contributed by atoms with Gasteiger partial charge in [0.25, 0.3) is 0 Å². The molecule has 5 aliphatic rings. The Hall–Kier alpha value is -2.98. The van der Waals surface area contributed by atoms with Crippen LogP contribution in [0.1, 0.15) is 95.2 Å². The minimum Gasteiger partial charge on any atom is -0.414 e.